The Labute approximate surface area is 91.5 Å². The number of hydrogen-bond donors (Lipinski definition) is 1. The summed E-state index contributed by atoms with van der Waals surface area (Å²) in [6, 6.07) is 10.4. The summed E-state index contributed by atoms with van der Waals surface area (Å²) in [5.41, 5.74) is 1.23. The SMILES string of the molecule is CN(CC1CCCC1O)c1ccccc1. The molecule has 0 radical (unpaired) electrons. The molecule has 0 spiro atoms. The first-order valence-electron chi connectivity index (χ1n) is 5.71. The van der Waals surface area contributed by atoms with Crippen LogP contribution in [-0.2, 0) is 0 Å². The van der Waals surface area contributed by atoms with Gasteiger partial charge >= 0.3 is 0 Å². The molecule has 1 aliphatic rings. The van der Waals surface area contributed by atoms with Gasteiger partial charge in [0.05, 0.1) is 6.10 Å². The van der Waals surface area contributed by atoms with Crippen LogP contribution in [0.3, 0.4) is 0 Å². The number of hydrogen-bond acceptors (Lipinski definition) is 2. The Morgan fingerprint density at radius 3 is 2.60 bits per heavy atom. The lowest BCUT2D eigenvalue weighted by Crippen LogP contribution is -2.29. The molecular formula is C13H19NO. The van der Waals surface area contributed by atoms with Gasteiger partial charge in [-0.05, 0) is 25.0 Å². The molecule has 0 heterocycles. The lowest BCUT2D eigenvalue weighted by atomic mass is 10.1. The third-order valence-electron chi connectivity index (χ3n) is 3.32. The number of rotatable bonds is 3. The van der Waals surface area contributed by atoms with Gasteiger partial charge in [-0.15, -0.1) is 0 Å². The zero-order chi connectivity index (χ0) is 10.7. The Balaban J connectivity index is 1.95. The minimum Gasteiger partial charge on any atom is -0.393 e. The van der Waals surface area contributed by atoms with Gasteiger partial charge in [-0.1, -0.05) is 24.6 Å². The Morgan fingerprint density at radius 1 is 1.27 bits per heavy atom. The molecular weight excluding hydrogens is 186 g/mol. The number of aliphatic hydroxyl groups excluding tert-OH is 1. The third-order valence-corrected chi connectivity index (χ3v) is 3.32. The molecule has 1 N–H and O–H groups in total. The molecule has 0 aliphatic heterocycles. The van der Waals surface area contributed by atoms with Gasteiger partial charge in [0, 0.05) is 25.2 Å². The van der Waals surface area contributed by atoms with Crippen molar-refractivity contribution in [1.82, 2.24) is 0 Å². The molecule has 0 aromatic heterocycles. The topological polar surface area (TPSA) is 23.5 Å². The molecule has 15 heavy (non-hydrogen) atoms. The van der Waals surface area contributed by atoms with Gasteiger partial charge in [-0.25, -0.2) is 0 Å². The Morgan fingerprint density at radius 2 is 2.00 bits per heavy atom. The molecule has 2 unspecified atom stereocenters. The average Bonchev–Trinajstić information content (AvgIpc) is 2.66. The highest BCUT2D eigenvalue weighted by atomic mass is 16.3. The molecule has 1 fully saturated rings. The molecule has 2 heteroatoms. The predicted octanol–water partition coefficient (Wildman–Crippen LogP) is 2.28. The fraction of sp³-hybridized carbons (Fsp3) is 0.538. The van der Waals surface area contributed by atoms with Crippen molar-refractivity contribution in [3.05, 3.63) is 30.3 Å². The van der Waals surface area contributed by atoms with Crippen LogP contribution in [0.2, 0.25) is 0 Å². The van der Waals surface area contributed by atoms with Crippen LogP contribution in [0.1, 0.15) is 19.3 Å². The minimum atomic E-state index is -0.0869. The monoisotopic (exact) mass is 205 g/mol. The lowest BCUT2D eigenvalue weighted by molar-refractivity contribution is 0.136. The van der Waals surface area contributed by atoms with E-state index in [9.17, 15) is 5.11 Å². The molecule has 0 amide bonds. The van der Waals surface area contributed by atoms with Crippen molar-refractivity contribution in [3.8, 4) is 0 Å². The van der Waals surface area contributed by atoms with Crippen LogP contribution < -0.4 is 4.90 Å². The summed E-state index contributed by atoms with van der Waals surface area (Å²) in [6.45, 7) is 0.963. The highest BCUT2D eigenvalue weighted by Crippen LogP contribution is 2.27. The lowest BCUT2D eigenvalue weighted by Gasteiger charge is -2.24. The summed E-state index contributed by atoms with van der Waals surface area (Å²) in [7, 11) is 2.10. The van der Waals surface area contributed by atoms with Gasteiger partial charge in [0.1, 0.15) is 0 Å². The Kier molecular flexibility index (Phi) is 3.27. The summed E-state index contributed by atoms with van der Waals surface area (Å²) in [5, 5.41) is 9.76. The van der Waals surface area contributed by atoms with Crippen molar-refractivity contribution in [2.24, 2.45) is 5.92 Å². The second kappa shape index (κ2) is 4.67. The maximum atomic E-state index is 9.76. The molecule has 1 aromatic rings. The van der Waals surface area contributed by atoms with Crippen LogP contribution in [0.15, 0.2) is 30.3 Å². The van der Waals surface area contributed by atoms with Crippen LogP contribution in [0.25, 0.3) is 0 Å². The Bertz CT molecular complexity index is 299. The standard InChI is InChI=1S/C13H19NO/c1-14(12-7-3-2-4-8-12)10-11-6-5-9-13(11)15/h2-4,7-8,11,13,15H,5-6,9-10H2,1H3. The summed E-state index contributed by atoms with van der Waals surface area (Å²) in [4.78, 5) is 2.24. The summed E-state index contributed by atoms with van der Waals surface area (Å²) in [5.74, 6) is 0.454. The van der Waals surface area contributed by atoms with Gasteiger partial charge in [-0.3, -0.25) is 0 Å². The van der Waals surface area contributed by atoms with Crippen molar-refractivity contribution >= 4 is 5.69 Å². The average molecular weight is 205 g/mol. The Hall–Kier alpha value is -1.02. The van der Waals surface area contributed by atoms with E-state index in [2.05, 4.69) is 36.2 Å². The first kappa shape index (κ1) is 10.5. The molecule has 2 rings (SSSR count). The molecule has 2 nitrogen and oxygen atoms in total. The fourth-order valence-corrected chi connectivity index (χ4v) is 2.37. The summed E-state index contributed by atoms with van der Waals surface area (Å²) < 4.78 is 0. The molecule has 0 bridgehead atoms. The number of nitrogens with zero attached hydrogens (tertiary/aromatic N) is 1. The first-order chi connectivity index (χ1) is 7.27. The molecule has 1 aromatic carbocycles. The van der Waals surface area contributed by atoms with E-state index in [0.717, 1.165) is 13.0 Å². The van der Waals surface area contributed by atoms with E-state index in [1.54, 1.807) is 0 Å². The zero-order valence-corrected chi connectivity index (χ0v) is 9.26. The van der Waals surface area contributed by atoms with Crippen LogP contribution in [0.5, 0.6) is 0 Å². The van der Waals surface area contributed by atoms with E-state index >= 15 is 0 Å². The first-order valence-corrected chi connectivity index (χ1v) is 5.71. The van der Waals surface area contributed by atoms with E-state index in [-0.39, 0.29) is 6.10 Å². The highest BCUT2D eigenvalue weighted by Gasteiger charge is 2.26. The van der Waals surface area contributed by atoms with Crippen molar-refractivity contribution in [2.75, 3.05) is 18.5 Å². The number of para-hydroxylation sites is 1. The van der Waals surface area contributed by atoms with Crippen LogP contribution in [-0.4, -0.2) is 24.8 Å². The van der Waals surface area contributed by atoms with E-state index in [0.29, 0.717) is 5.92 Å². The van der Waals surface area contributed by atoms with Crippen molar-refractivity contribution in [1.29, 1.82) is 0 Å². The van der Waals surface area contributed by atoms with Gasteiger partial charge in [0.15, 0.2) is 0 Å². The van der Waals surface area contributed by atoms with E-state index in [1.807, 2.05) is 6.07 Å². The maximum Gasteiger partial charge on any atom is 0.0585 e. The number of benzene rings is 1. The molecule has 1 aliphatic carbocycles. The zero-order valence-electron chi connectivity index (χ0n) is 9.26. The second-order valence-electron chi connectivity index (χ2n) is 4.47. The van der Waals surface area contributed by atoms with Crippen LogP contribution in [0, 0.1) is 5.92 Å². The normalized spacial score (nSPS) is 25.5. The summed E-state index contributed by atoms with van der Waals surface area (Å²) in [6.07, 6.45) is 3.23. The van der Waals surface area contributed by atoms with E-state index in [1.165, 1.54) is 18.5 Å². The van der Waals surface area contributed by atoms with Crippen LogP contribution >= 0.6 is 0 Å². The molecule has 82 valence electrons. The maximum absolute atomic E-state index is 9.76. The van der Waals surface area contributed by atoms with E-state index in [4.69, 9.17) is 0 Å². The van der Waals surface area contributed by atoms with E-state index < -0.39 is 0 Å². The quantitative estimate of drug-likeness (QED) is 0.818. The summed E-state index contributed by atoms with van der Waals surface area (Å²) >= 11 is 0. The van der Waals surface area contributed by atoms with Crippen LogP contribution in [0.4, 0.5) is 5.69 Å². The number of anilines is 1. The molecule has 2 atom stereocenters. The van der Waals surface area contributed by atoms with Gasteiger partial charge < -0.3 is 10.0 Å². The van der Waals surface area contributed by atoms with Gasteiger partial charge in [0.2, 0.25) is 0 Å². The molecule has 0 saturated heterocycles. The van der Waals surface area contributed by atoms with Crippen molar-refractivity contribution in [2.45, 2.75) is 25.4 Å². The second-order valence-corrected chi connectivity index (χ2v) is 4.47. The predicted molar refractivity (Wildman–Crippen MR) is 63.1 cm³/mol. The number of aliphatic hydroxyl groups is 1. The third kappa shape index (κ3) is 2.51. The largest absolute Gasteiger partial charge is 0.393 e. The molecule has 1 saturated carbocycles. The highest BCUT2D eigenvalue weighted by molar-refractivity contribution is 5.45. The minimum absolute atomic E-state index is 0.0869. The van der Waals surface area contributed by atoms with Gasteiger partial charge in [0.25, 0.3) is 0 Å². The van der Waals surface area contributed by atoms with Crippen molar-refractivity contribution in [3.63, 3.8) is 0 Å². The smallest absolute Gasteiger partial charge is 0.0585 e. The van der Waals surface area contributed by atoms with Gasteiger partial charge in [-0.2, -0.15) is 0 Å². The fourth-order valence-electron chi connectivity index (χ4n) is 2.37. The van der Waals surface area contributed by atoms with Crippen molar-refractivity contribution < 1.29 is 5.11 Å².